The van der Waals surface area contributed by atoms with Crippen molar-refractivity contribution in [2.24, 2.45) is 0 Å². The first-order chi connectivity index (χ1) is 8.91. The average molecular weight is 264 g/mol. The molecule has 0 aliphatic carbocycles. The number of fused-ring (bicyclic) bond motifs is 1. The highest BCUT2D eigenvalue weighted by molar-refractivity contribution is 5.99. The minimum atomic E-state index is -0.871. The lowest BCUT2D eigenvalue weighted by Crippen LogP contribution is -2.36. The molecule has 102 valence electrons. The van der Waals surface area contributed by atoms with E-state index in [4.69, 9.17) is 9.47 Å². The molecule has 1 atom stereocenters. The molecule has 1 heterocycles. The van der Waals surface area contributed by atoms with Crippen LogP contribution in [-0.4, -0.2) is 35.3 Å². The fraction of sp³-hybridized carbons (Fsp3) is 0.357. The zero-order valence-corrected chi connectivity index (χ0v) is 11.1. The topological polar surface area (TPSA) is 76.0 Å². The van der Waals surface area contributed by atoms with Crippen molar-refractivity contribution in [3.8, 4) is 17.2 Å². The van der Waals surface area contributed by atoms with E-state index in [0.717, 1.165) is 0 Å². The zero-order valence-electron chi connectivity index (χ0n) is 11.1. The maximum absolute atomic E-state index is 11.5. The highest BCUT2D eigenvalue weighted by atomic mass is 16.5. The summed E-state index contributed by atoms with van der Waals surface area (Å²) >= 11 is 0. The summed E-state index contributed by atoms with van der Waals surface area (Å²) in [6.45, 7) is 2.87. The molecular weight excluding hydrogens is 248 g/mol. The number of aliphatic hydroxyl groups excluding tert-OH is 1. The highest BCUT2D eigenvalue weighted by Crippen LogP contribution is 2.46. The lowest BCUT2D eigenvalue weighted by Gasteiger charge is -2.31. The molecule has 2 N–H and O–H groups in total. The summed E-state index contributed by atoms with van der Waals surface area (Å²) in [6.07, 6.45) is 3.44. The molecule has 1 aromatic rings. The van der Waals surface area contributed by atoms with Crippen LogP contribution in [0.15, 0.2) is 12.1 Å². The van der Waals surface area contributed by atoms with Gasteiger partial charge in [0.25, 0.3) is 0 Å². The van der Waals surface area contributed by atoms with Crippen LogP contribution >= 0.6 is 0 Å². The van der Waals surface area contributed by atoms with E-state index in [9.17, 15) is 15.0 Å². The number of methoxy groups -OCH3 is 1. The van der Waals surface area contributed by atoms with Gasteiger partial charge in [0.2, 0.25) is 5.75 Å². The van der Waals surface area contributed by atoms with Crippen molar-refractivity contribution >= 4 is 11.9 Å². The average Bonchev–Trinajstić information content (AvgIpc) is 2.38. The van der Waals surface area contributed by atoms with Crippen molar-refractivity contribution in [2.45, 2.75) is 19.4 Å². The molecule has 0 amide bonds. The molecule has 0 bridgehead atoms. The van der Waals surface area contributed by atoms with E-state index >= 15 is 0 Å². The Balaban J connectivity index is 2.65. The minimum Gasteiger partial charge on any atom is -0.504 e. The predicted molar refractivity (Wildman–Crippen MR) is 69.8 cm³/mol. The molecule has 1 unspecified atom stereocenters. The number of carbonyl (C=O) groups is 1. The number of rotatable bonds is 3. The SMILES string of the molecule is COc1c(O)c(C(C)=O)cc2c1OC(C)(CO)C=C2. The largest absolute Gasteiger partial charge is 0.504 e. The molecule has 0 spiro atoms. The molecule has 0 saturated carbocycles. The number of phenolic OH excluding ortho intramolecular Hbond substituents is 1. The summed E-state index contributed by atoms with van der Waals surface area (Å²) in [4.78, 5) is 11.5. The summed E-state index contributed by atoms with van der Waals surface area (Å²) in [5.74, 6) is -0.0809. The first kappa shape index (κ1) is 13.4. The Morgan fingerprint density at radius 2 is 2.21 bits per heavy atom. The van der Waals surface area contributed by atoms with Crippen LogP contribution in [0.5, 0.6) is 17.2 Å². The molecule has 0 radical (unpaired) electrons. The van der Waals surface area contributed by atoms with Gasteiger partial charge < -0.3 is 19.7 Å². The van der Waals surface area contributed by atoms with Gasteiger partial charge in [0.1, 0.15) is 5.60 Å². The number of phenols is 1. The van der Waals surface area contributed by atoms with Crippen LogP contribution in [0, 0.1) is 0 Å². The molecule has 0 saturated heterocycles. The van der Waals surface area contributed by atoms with Gasteiger partial charge >= 0.3 is 0 Å². The molecular formula is C14H16O5. The van der Waals surface area contributed by atoms with Gasteiger partial charge in [-0.3, -0.25) is 4.79 Å². The molecule has 1 aliphatic rings. The van der Waals surface area contributed by atoms with Gasteiger partial charge in [-0.1, -0.05) is 6.08 Å². The number of aromatic hydroxyl groups is 1. The Bertz CT molecular complexity index is 561. The Labute approximate surface area is 111 Å². The maximum atomic E-state index is 11.5. The monoisotopic (exact) mass is 264 g/mol. The standard InChI is InChI=1S/C14H16O5/c1-8(16)10-6-9-4-5-14(2,7-15)19-12(9)13(18-3)11(10)17/h4-6,15,17H,7H2,1-3H3. The maximum Gasteiger partial charge on any atom is 0.204 e. The molecule has 19 heavy (non-hydrogen) atoms. The van der Waals surface area contributed by atoms with Crippen LogP contribution in [0.25, 0.3) is 6.08 Å². The van der Waals surface area contributed by atoms with Gasteiger partial charge in [0, 0.05) is 5.56 Å². The molecule has 1 aromatic carbocycles. The van der Waals surface area contributed by atoms with Crippen LogP contribution in [0.1, 0.15) is 29.8 Å². The second-order valence-corrected chi connectivity index (χ2v) is 4.69. The number of carbonyl (C=O) groups excluding carboxylic acids is 1. The van der Waals surface area contributed by atoms with Gasteiger partial charge in [-0.25, -0.2) is 0 Å². The molecule has 0 fully saturated rings. The first-order valence-electron chi connectivity index (χ1n) is 5.86. The van der Waals surface area contributed by atoms with Crippen molar-refractivity contribution < 1.29 is 24.5 Å². The van der Waals surface area contributed by atoms with E-state index in [0.29, 0.717) is 11.3 Å². The van der Waals surface area contributed by atoms with Gasteiger partial charge in [-0.2, -0.15) is 0 Å². The number of hydrogen-bond donors (Lipinski definition) is 2. The molecule has 5 heteroatoms. The number of aliphatic hydroxyl groups is 1. The van der Waals surface area contributed by atoms with Gasteiger partial charge in [-0.15, -0.1) is 0 Å². The lowest BCUT2D eigenvalue weighted by molar-refractivity contribution is 0.0610. The van der Waals surface area contributed by atoms with Crippen LogP contribution in [0.3, 0.4) is 0 Å². The number of ketones is 1. The Morgan fingerprint density at radius 1 is 1.53 bits per heavy atom. The van der Waals surface area contributed by atoms with Crippen molar-refractivity contribution in [1.29, 1.82) is 0 Å². The molecule has 1 aliphatic heterocycles. The Morgan fingerprint density at radius 3 is 2.74 bits per heavy atom. The number of Topliss-reactive ketones (excluding diaryl/α,β-unsaturated/α-hetero) is 1. The minimum absolute atomic E-state index is 0.103. The van der Waals surface area contributed by atoms with E-state index in [1.54, 1.807) is 25.1 Å². The van der Waals surface area contributed by atoms with Gasteiger partial charge in [0.15, 0.2) is 17.3 Å². The molecule has 0 aromatic heterocycles. The summed E-state index contributed by atoms with van der Waals surface area (Å²) in [5.41, 5.74) is -0.0630. The number of benzene rings is 1. The summed E-state index contributed by atoms with van der Waals surface area (Å²) in [5, 5.41) is 19.4. The lowest BCUT2D eigenvalue weighted by atomic mass is 9.97. The normalized spacial score (nSPS) is 20.6. The van der Waals surface area contributed by atoms with E-state index in [-0.39, 0.29) is 29.5 Å². The summed E-state index contributed by atoms with van der Waals surface area (Å²) in [7, 11) is 1.39. The fourth-order valence-electron chi connectivity index (χ4n) is 1.96. The molecule has 2 rings (SSSR count). The third-order valence-electron chi connectivity index (χ3n) is 3.09. The van der Waals surface area contributed by atoms with E-state index in [2.05, 4.69) is 0 Å². The number of ether oxygens (including phenoxy) is 2. The summed E-state index contributed by atoms with van der Waals surface area (Å²) in [6, 6.07) is 1.54. The van der Waals surface area contributed by atoms with E-state index in [1.807, 2.05) is 0 Å². The van der Waals surface area contributed by atoms with E-state index < -0.39 is 5.60 Å². The van der Waals surface area contributed by atoms with Crippen LogP contribution in [0.2, 0.25) is 0 Å². The third-order valence-corrected chi connectivity index (χ3v) is 3.09. The van der Waals surface area contributed by atoms with Crippen LogP contribution in [0.4, 0.5) is 0 Å². The Kier molecular flexibility index (Phi) is 3.24. The van der Waals surface area contributed by atoms with Crippen LogP contribution in [-0.2, 0) is 0 Å². The number of hydrogen-bond acceptors (Lipinski definition) is 5. The van der Waals surface area contributed by atoms with E-state index in [1.165, 1.54) is 14.0 Å². The second-order valence-electron chi connectivity index (χ2n) is 4.69. The smallest absolute Gasteiger partial charge is 0.204 e. The second kappa shape index (κ2) is 4.59. The fourth-order valence-corrected chi connectivity index (χ4v) is 1.96. The van der Waals surface area contributed by atoms with Crippen molar-refractivity contribution in [3.05, 3.63) is 23.3 Å². The van der Waals surface area contributed by atoms with Crippen molar-refractivity contribution in [2.75, 3.05) is 13.7 Å². The van der Waals surface area contributed by atoms with Crippen molar-refractivity contribution in [1.82, 2.24) is 0 Å². The predicted octanol–water partition coefficient (Wildman–Crippen LogP) is 1.76. The van der Waals surface area contributed by atoms with Gasteiger partial charge in [-0.05, 0) is 26.0 Å². The summed E-state index contributed by atoms with van der Waals surface area (Å²) < 4.78 is 10.8. The first-order valence-corrected chi connectivity index (χ1v) is 5.86. The zero-order chi connectivity index (χ0) is 14.2. The van der Waals surface area contributed by atoms with Crippen molar-refractivity contribution in [3.63, 3.8) is 0 Å². The van der Waals surface area contributed by atoms with Crippen LogP contribution < -0.4 is 9.47 Å². The third kappa shape index (κ3) is 2.17. The van der Waals surface area contributed by atoms with Gasteiger partial charge in [0.05, 0.1) is 19.3 Å². The highest BCUT2D eigenvalue weighted by Gasteiger charge is 2.31. The quantitative estimate of drug-likeness (QED) is 0.813. The Hall–Kier alpha value is -2.01. The molecule has 5 nitrogen and oxygen atoms in total.